The van der Waals surface area contributed by atoms with Gasteiger partial charge in [0.1, 0.15) is 5.75 Å². The number of rotatable bonds is 3. The van der Waals surface area contributed by atoms with Gasteiger partial charge in [0.2, 0.25) is 5.96 Å². The number of nitrogens with one attached hydrogen (secondary N) is 1. The maximum absolute atomic E-state index is 5.32. The zero-order chi connectivity index (χ0) is 17.7. The van der Waals surface area contributed by atoms with Gasteiger partial charge in [-0.25, -0.2) is 4.98 Å². The van der Waals surface area contributed by atoms with Gasteiger partial charge in [-0.15, -0.1) is 0 Å². The standard InChI is InChI=1S/C19H25N5OS/c1-3-24-17(20-11-19(24)12-23-8-6-13(19)7-9-23)22-18-21-15-5-4-14(25-2)10-16(15)26-18/h4-5,10,13H,3,6-9,11-12H2,1-2H3,(H,20,21,22). The van der Waals surface area contributed by atoms with Crippen LogP contribution in [0, 0.1) is 5.92 Å². The molecule has 26 heavy (non-hydrogen) atoms. The maximum Gasteiger partial charge on any atom is 0.200 e. The van der Waals surface area contributed by atoms with Crippen LogP contribution in [0.4, 0.5) is 5.13 Å². The van der Waals surface area contributed by atoms with Crippen LogP contribution in [0.15, 0.2) is 23.2 Å². The van der Waals surface area contributed by atoms with Gasteiger partial charge < -0.3 is 19.9 Å². The Labute approximate surface area is 157 Å². The van der Waals surface area contributed by atoms with Crippen molar-refractivity contribution in [1.29, 1.82) is 0 Å². The molecule has 6 rings (SSSR count). The molecule has 1 spiro atoms. The quantitative estimate of drug-likeness (QED) is 0.899. The molecule has 2 aromatic rings. The van der Waals surface area contributed by atoms with E-state index >= 15 is 0 Å². The predicted molar refractivity (Wildman–Crippen MR) is 106 cm³/mol. The van der Waals surface area contributed by atoms with Crippen molar-refractivity contribution in [2.24, 2.45) is 10.9 Å². The Hall–Kier alpha value is -1.86. The highest BCUT2D eigenvalue weighted by atomic mass is 32.1. The molecule has 4 aliphatic heterocycles. The predicted octanol–water partition coefficient (Wildman–Crippen LogP) is 2.87. The van der Waals surface area contributed by atoms with E-state index in [2.05, 4.69) is 22.0 Å². The summed E-state index contributed by atoms with van der Waals surface area (Å²) in [6.45, 7) is 7.79. The molecule has 0 aliphatic carbocycles. The van der Waals surface area contributed by atoms with E-state index < -0.39 is 0 Å². The molecule has 1 unspecified atom stereocenters. The van der Waals surface area contributed by atoms with Crippen molar-refractivity contribution >= 4 is 32.6 Å². The molecule has 0 radical (unpaired) electrons. The SMILES string of the molecule is CCN1C(Nc2nc3ccc(OC)cc3s2)=NCC12CN1CCC2CC1. The second kappa shape index (κ2) is 6.09. The topological polar surface area (TPSA) is 53.0 Å². The molecule has 3 fully saturated rings. The molecule has 1 aromatic heterocycles. The van der Waals surface area contributed by atoms with Gasteiger partial charge in [0.05, 0.1) is 29.4 Å². The summed E-state index contributed by atoms with van der Waals surface area (Å²) in [7, 11) is 1.70. The number of aliphatic imine (C=N–C) groups is 1. The maximum atomic E-state index is 5.32. The molecule has 4 aliphatic rings. The van der Waals surface area contributed by atoms with E-state index in [0.29, 0.717) is 0 Å². The highest BCUT2D eigenvalue weighted by molar-refractivity contribution is 7.22. The number of piperidine rings is 3. The lowest BCUT2D eigenvalue weighted by molar-refractivity contribution is -0.0267. The number of nitrogens with zero attached hydrogens (tertiary/aromatic N) is 4. The van der Waals surface area contributed by atoms with Crippen LogP contribution in [0.5, 0.6) is 5.75 Å². The van der Waals surface area contributed by atoms with E-state index in [1.54, 1.807) is 18.4 Å². The lowest BCUT2D eigenvalue weighted by Gasteiger charge is -2.55. The average molecular weight is 372 g/mol. The van der Waals surface area contributed by atoms with E-state index in [1.807, 2.05) is 18.2 Å². The number of hydrogen-bond acceptors (Lipinski definition) is 7. The first-order valence-electron chi connectivity index (χ1n) is 9.48. The molecular formula is C19H25N5OS. The Morgan fingerprint density at radius 3 is 2.88 bits per heavy atom. The second-order valence-electron chi connectivity index (χ2n) is 7.52. The minimum atomic E-state index is 0.188. The van der Waals surface area contributed by atoms with Gasteiger partial charge in [-0.05, 0) is 57.0 Å². The fraction of sp³-hybridized carbons (Fsp3) is 0.579. The van der Waals surface area contributed by atoms with Crippen molar-refractivity contribution in [1.82, 2.24) is 14.8 Å². The summed E-state index contributed by atoms with van der Waals surface area (Å²) in [5, 5.41) is 4.43. The molecule has 1 N–H and O–H groups in total. The van der Waals surface area contributed by atoms with Crippen LogP contribution < -0.4 is 10.1 Å². The van der Waals surface area contributed by atoms with E-state index in [4.69, 9.17) is 14.7 Å². The van der Waals surface area contributed by atoms with Gasteiger partial charge in [-0.1, -0.05) is 11.3 Å². The number of thiazole rings is 1. The Balaban J connectivity index is 1.40. The van der Waals surface area contributed by atoms with Gasteiger partial charge in [-0.3, -0.25) is 4.99 Å². The molecule has 3 saturated heterocycles. The number of aromatic nitrogens is 1. The van der Waals surface area contributed by atoms with Crippen molar-refractivity contribution in [2.75, 3.05) is 45.2 Å². The molecule has 6 nitrogen and oxygen atoms in total. The smallest absolute Gasteiger partial charge is 0.200 e. The number of methoxy groups -OCH3 is 1. The Kier molecular flexibility index (Phi) is 3.83. The number of guanidine groups is 1. The number of anilines is 1. The zero-order valence-electron chi connectivity index (χ0n) is 15.4. The van der Waals surface area contributed by atoms with E-state index in [0.717, 1.165) is 52.6 Å². The summed E-state index contributed by atoms with van der Waals surface area (Å²) in [6, 6.07) is 6.01. The number of likely N-dealkylation sites (N-methyl/N-ethyl adjacent to an activating group) is 1. The number of hydrogen-bond donors (Lipinski definition) is 1. The van der Waals surface area contributed by atoms with Gasteiger partial charge in [-0.2, -0.15) is 0 Å². The van der Waals surface area contributed by atoms with Crippen molar-refractivity contribution < 1.29 is 4.74 Å². The summed E-state index contributed by atoms with van der Waals surface area (Å²) in [6.07, 6.45) is 2.61. The Bertz CT molecular complexity index is 857. The van der Waals surface area contributed by atoms with Crippen LogP contribution in [0.3, 0.4) is 0 Å². The van der Waals surface area contributed by atoms with Crippen LogP contribution in [-0.2, 0) is 0 Å². The van der Waals surface area contributed by atoms with Crippen LogP contribution in [0.25, 0.3) is 10.2 Å². The van der Waals surface area contributed by atoms with Gasteiger partial charge >= 0.3 is 0 Å². The summed E-state index contributed by atoms with van der Waals surface area (Å²) in [5.74, 6) is 2.62. The van der Waals surface area contributed by atoms with Crippen LogP contribution in [-0.4, -0.2) is 66.1 Å². The molecule has 0 amide bonds. The molecule has 0 saturated carbocycles. The second-order valence-corrected chi connectivity index (χ2v) is 8.55. The number of ether oxygens (including phenoxy) is 1. The fourth-order valence-electron chi connectivity index (χ4n) is 4.98. The third-order valence-electron chi connectivity index (χ3n) is 6.27. The Morgan fingerprint density at radius 1 is 1.35 bits per heavy atom. The molecule has 1 aromatic carbocycles. The summed E-state index contributed by atoms with van der Waals surface area (Å²) in [4.78, 5) is 14.8. The minimum absolute atomic E-state index is 0.188. The first-order valence-corrected chi connectivity index (χ1v) is 10.3. The van der Waals surface area contributed by atoms with E-state index in [1.165, 1.54) is 25.9 Å². The number of benzene rings is 1. The highest BCUT2D eigenvalue weighted by Crippen LogP contribution is 2.42. The molecule has 1 atom stereocenters. The van der Waals surface area contributed by atoms with Gasteiger partial charge in [0.15, 0.2) is 5.13 Å². The van der Waals surface area contributed by atoms with Crippen LogP contribution in [0.1, 0.15) is 19.8 Å². The number of fused-ring (bicyclic) bond motifs is 3. The fourth-order valence-corrected chi connectivity index (χ4v) is 5.86. The van der Waals surface area contributed by atoms with Crippen LogP contribution >= 0.6 is 11.3 Å². The van der Waals surface area contributed by atoms with Crippen molar-refractivity contribution in [3.63, 3.8) is 0 Å². The molecule has 7 heteroatoms. The average Bonchev–Trinajstić information content (AvgIpc) is 3.23. The zero-order valence-corrected chi connectivity index (χ0v) is 16.2. The Morgan fingerprint density at radius 2 is 2.19 bits per heavy atom. The lowest BCUT2D eigenvalue weighted by Crippen LogP contribution is -2.67. The van der Waals surface area contributed by atoms with E-state index in [-0.39, 0.29) is 5.54 Å². The largest absolute Gasteiger partial charge is 0.497 e. The first kappa shape index (κ1) is 16.3. The summed E-state index contributed by atoms with van der Waals surface area (Å²) in [5.41, 5.74) is 1.19. The van der Waals surface area contributed by atoms with Crippen molar-refractivity contribution in [3.8, 4) is 5.75 Å². The molecular weight excluding hydrogens is 346 g/mol. The van der Waals surface area contributed by atoms with Crippen molar-refractivity contribution in [2.45, 2.75) is 25.3 Å². The first-order chi connectivity index (χ1) is 12.7. The van der Waals surface area contributed by atoms with E-state index in [9.17, 15) is 0 Å². The lowest BCUT2D eigenvalue weighted by atomic mass is 9.72. The van der Waals surface area contributed by atoms with Gasteiger partial charge in [0.25, 0.3) is 0 Å². The minimum Gasteiger partial charge on any atom is -0.497 e. The summed E-state index contributed by atoms with van der Waals surface area (Å²) < 4.78 is 6.46. The molecule has 138 valence electrons. The van der Waals surface area contributed by atoms with Crippen LogP contribution in [0.2, 0.25) is 0 Å². The molecule has 2 bridgehead atoms. The molecule has 5 heterocycles. The summed E-state index contributed by atoms with van der Waals surface area (Å²) >= 11 is 1.66. The third-order valence-corrected chi connectivity index (χ3v) is 7.20. The monoisotopic (exact) mass is 371 g/mol. The highest BCUT2D eigenvalue weighted by Gasteiger charge is 2.53. The van der Waals surface area contributed by atoms with Gasteiger partial charge in [0, 0.05) is 13.1 Å². The third kappa shape index (κ3) is 2.41. The normalized spacial score (nSPS) is 30.2. The van der Waals surface area contributed by atoms with Crippen molar-refractivity contribution in [3.05, 3.63) is 18.2 Å².